The van der Waals surface area contributed by atoms with E-state index in [2.05, 4.69) is 0 Å². The van der Waals surface area contributed by atoms with Crippen LogP contribution in [0.4, 0.5) is 18.9 Å². The van der Waals surface area contributed by atoms with Crippen LogP contribution >= 0.6 is 0 Å². The Labute approximate surface area is 118 Å². The third kappa shape index (κ3) is 2.53. The summed E-state index contributed by atoms with van der Waals surface area (Å²) in [6.45, 7) is -1.13. The second kappa shape index (κ2) is 4.94. The molecule has 114 valence electrons. The fourth-order valence-electron chi connectivity index (χ4n) is 2.32. The zero-order valence-electron chi connectivity index (χ0n) is 10.9. The van der Waals surface area contributed by atoms with Gasteiger partial charge in [0.1, 0.15) is 0 Å². The summed E-state index contributed by atoms with van der Waals surface area (Å²) in [5.74, 6) is -2.59. The highest BCUT2D eigenvalue weighted by atomic mass is 19.4. The number of carboxylic acid groups (broad SMARTS) is 1. The number of hydrogen-bond acceptors (Lipinski definition) is 3. The molecule has 1 heterocycles. The number of carboxylic acids is 1. The normalized spacial score (nSPS) is 22.3. The van der Waals surface area contributed by atoms with Crippen LogP contribution < -0.4 is 5.73 Å². The van der Waals surface area contributed by atoms with Gasteiger partial charge >= 0.3 is 12.1 Å². The number of halogens is 3. The molecule has 1 atom stereocenters. The SMILES string of the molecule is Nc1ccc(C(=O)N2CCC(C(=O)O)(C(F)(F)F)C2)cc1. The molecule has 1 aromatic carbocycles. The van der Waals surface area contributed by atoms with Crippen LogP contribution in [-0.2, 0) is 4.79 Å². The van der Waals surface area contributed by atoms with Crippen LogP contribution in [0.15, 0.2) is 24.3 Å². The molecule has 1 aliphatic rings. The van der Waals surface area contributed by atoms with Gasteiger partial charge in [0.05, 0.1) is 0 Å². The molecule has 1 aliphatic heterocycles. The van der Waals surface area contributed by atoms with E-state index in [1.54, 1.807) is 0 Å². The number of aliphatic carboxylic acids is 1. The largest absolute Gasteiger partial charge is 0.481 e. The monoisotopic (exact) mass is 302 g/mol. The molecule has 0 saturated carbocycles. The van der Waals surface area contributed by atoms with E-state index < -0.39 is 36.4 Å². The summed E-state index contributed by atoms with van der Waals surface area (Å²) < 4.78 is 39.1. The molecular weight excluding hydrogens is 289 g/mol. The number of benzene rings is 1. The van der Waals surface area contributed by atoms with Crippen molar-refractivity contribution in [3.8, 4) is 0 Å². The maximum absolute atomic E-state index is 13.0. The lowest BCUT2D eigenvalue weighted by atomic mass is 9.86. The van der Waals surface area contributed by atoms with E-state index in [0.717, 1.165) is 4.90 Å². The van der Waals surface area contributed by atoms with E-state index in [4.69, 9.17) is 10.8 Å². The molecule has 0 aromatic heterocycles. The number of amides is 1. The fraction of sp³-hybridized carbons (Fsp3) is 0.385. The first-order chi connectivity index (χ1) is 9.67. The van der Waals surface area contributed by atoms with Crippen LogP contribution in [0.25, 0.3) is 0 Å². The second-order valence-corrected chi connectivity index (χ2v) is 4.98. The molecule has 0 spiro atoms. The maximum atomic E-state index is 13.0. The Kier molecular flexibility index (Phi) is 3.56. The minimum Gasteiger partial charge on any atom is -0.481 e. The van der Waals surface area contributed by atoms with Crippen molar-refractivity contribution in [2.75, 3.05) is 18.8 Å². The first-order valence-corrected chi connectivity index (χ1v) is 6.12. The number of alkyl halides is 3. The lowest BCUT2D eigenvalue weighted by Crippen LogP contribution is -2.47. The van der Waals surface area contributed by atoms with E-state index in [9.17, 15) is 22.8 Å². The molecule has 1 amide bonds. The van der Waals surface area contributed by atoms with Gasteiger partial charge in [-0.3, -0.25) is 9.59 Å². The maximum Gasteiger partial charge on any atom is 0.406 e. The minimum atomic E-state index is -4.91. The molecule has 0 radical (unpaired) electrons. The van der Waals surface area contributed by atoms with Gasteiger partial charge in [-0.1, -0.05) is 0 Å². The molecule has 0 bridgehead atoms. The Morgan fingerprint density at radius 3 is 2.24 bits per heavy atom. The number of anilines is 1. The zero-order valence-corrected chi connectivity index (χ0v) is 10.9. The smallest absolute Gasteiger partial charge is 0.406 e. The highest BCUT2D eigenvalue weighted by Crippen LogP contribution is 2.45. The van der Waals surface area contributed by atoms with E-state index in [1.807, 2.05) is 0 Å². The fourth-order valence-corrected chi connectivity index (χ4v) is 2.32. The first kappa shape index (κ1) is 15.1. The lowest BCUT2D eigenvalue weighted by molar-refractivity contribution is -0.227. The van der Waals surface area contributed by atoms with Gasteiger partial charge < -0.3 is 15.7 Å². The van der Waals surface area contributed by atoms with Gasteiger partial charge in [0.2, 0.25) is 0 Å². The van der Waals surface area contributed by atoms with Crippen molar-refractivity contribution in [3.63, 3.8) is 0 Å². The third-order valence-corrected chi connectivity index (χ3v) is 3.67. The van der Waals surface area contributed by atoms with Crippen molar-refractivity contribution in [2.45, 2.75) is 12.6 Å². The van der Waals surface area contributed by atoms with Crippen molar-refractivity contribution >= 4 is 17.6 Å². The molecule has 0 aliphatic carbocycles. The predicted octanol–water partition coefficient (Wildman–Crippen LogP) is 1.75. The van der Waals surface area contributed by atoms with Gasteiger partial charge in [-0.25, -0.2) is 0 Å². The molecule has 21 heavy (non-hydrogen) atoms. The van der Waals surface area contributed by atoms with Crippen LogP contribution in [0.2, 0.25) is 0 Å². The van der Waals surface area contributed by atoms with E-state index in [0.29, 0.717) is 5.69 Å². The summed E-state index contributed by atoms with van der Waals surface area (Å²) >= 11 is 0. The van der Waals surface area contributed by atoms with Gasteiger partial charge in [-0.05, 0) is 30.7 Å². The molecule has 1 unspecified atom stereocenters. The number of nitrogens with two attached hydrogens (primary N) is 1. The summed E-state index contributed by atoms with van der Waals surface area (Å²) in [5, 5.41) is 8.93. The summed E-state index contributed by atoms with van der Waals surface area (Å²) in [5.41, 5.74) is 3.17. The van der Waals surface area contributed by atoms with Crippen LogP contribution in [0, 0.1) is 5.41 Å². The number of nitrogen functional groups attached to an aromatic ring is 1. The van der Waals surface area contributed by atoms with Gasteiger partial charge in [-0.2, -0.15) is 13.2 Å². The van der Waals surface area contributed by atoms with E-state index >= 15 is 0 Å². The van der Waals surface area contributed by atoms with Crippen molar-refractivity contribution in [2.24, 2.45) is 5.41 Å². The topological polar surface area (TPSA) is 83.6 Å². The predicted molar refractivity (Wildman–Crippen MR) is 67.5 cm³/mol. The van der Waals surface area contributed by atoms with Crippen molar-refractivity contribution in [1.29, 1.82) is 0 Å². The Bertz CT molecular complexity index is 571. The standard InChI is InChI=1S/C13H13F3N2O3/c14-13(15,16)12(11(20)21)5-6-18(7-12)10(19)8-1-3-9(17)4-2-8/h1-4H,5-7,17H2,(H,20,21). The summed E-state index contributed by atoms with van der Waals surface area (Å²) in [6, 6.07) is 5.70. The van der Waals surface area contributed by atoms with Crippen LogP contribution in [0.5, 0.6) is 0 Å². The van der Waals surface area contributed by atoms with Gasteiger partial charge in [0, 0.05) is 24.3 Å². The number of likely N-dealkylation sites (tertiary alicyclic amines) is 1. The van der Waals surface area contributed by atoms with Crippen molar-refractivity contribution in [1.82, 2.24) is 4.90 Å². The third-order valence-electron chi connectivity index (χ3n) is 3.67. The minimum absolute atomic E-state index is 0.174. The summed E-state index contributed by atoms with van der Waals surface area (Å²) in [4.78, 5) is 24.1. The number of rotatable bonds is 2. The van der Waals surface area contributed by atoms with Crippen molar-refractivity contribution < 1.29 is 27.9 Å². The van der Waals surface area contributed by atoms with Gasteiger partial charge in [0.15, 0.2) is 5.41 Å². The Morgan fingerprint density at radius 2 is 1.81 bits per heavy atom. The summed E-state index contributed by atoms with van der Waals surface area (Å²) in [6.07, 6.45) is -5.55. The second-order valence-electron chi connectivity index (χ2n) is 4.98. The molecule has 8 heteroatoms. The number of carbonyl (C=O) groups is 2. The van der Waals surface area contributed by atoms with Gasteiger partial charge in [-0.15, -0.1) is 0 Å². The average molecular weight is 302 g/mol. The van der Waals surface area contributed by atoms with Crippen LogP contribution in [0.3, 0.4) is 0 Å². The van der Waals surface area contributed by atoms with E-state index in [-0.39, 0.29) is 12.1 Å². The first-order valence-electron chi connectivity index (χ1n) is 6.12. The molecule has 3 N–H and O–H groups in total. The van der Waals surface area contributed by atoms with Crippen LogP contribution in [-0.4, -0.2) is 41.1 Å². The molecule has 1 saturated heterocycles. The molecule has 5 nitrogen and oxygen atoms in total. The molecule has 1 fully saturated rings. The van der Waals surface area contributed by atoms with Gasteiger partial charge in [0.25, 0.3) is 5.91 Å². The van der Waals surface area contributed by atoms with Crippen molar-refractivity contribution in [3.05, 3.63) is 29.8 Å². The quantitative estimate of drug-likeness (QED) is 0.815. The molecule has 1 aromatic rings. The highest BCUT2D eigenvalue weighted by Gasteiger charge is 2.64. The summed E-state index contributed by atoms with van der Waals surface area (Å²) in [7, 11) is 0. The Hall–Kier alpha value is -2.25. The van der Waals surface area contributed by atoms with E-state index in [1.165, 1.54) is 24.3 Å². The zero-order chi connectivity index (χ0) is 15.8. The molecule has 2 rings (SSSR count). The number of carbonyl (C=O) groups excluding carboxylic acids is 1. The lowest BCUT2D eigenvalue weighted by Gasteiger charge is -2.27. The highest BCUT2D eigenvalue weighted by molar-refractivity contribution is 5.95. The average Bonchev–Trinajstić information content (AvgIpc) is 2.84. The Morgan fingerprint density at radius 1 is 1.24 bits per heavy atom. The Balaban J connectivity index is 2.23. The number of hydrogen-bond donors (Lipinski definition) is 2. The number of nitrogens with zero attached hydrogens (tertiary/aromatic N) is 1. The molecular formula is C13H13F3N2O3. The van der Waals surface area contributed by atoms with Crippen LogP contribution in [0.1, 0.15) is 16.8 Å².